The van der Waals surface area contributed by atoms with Crippen molar-refractivity contribution in [2.24, 2.45) is 0 Å². The first-order valence-corrected chi connectivity index (χ1v) is 8.42. The van der Waals surface area contributed by atoms with Crippen molar-refractivity contribution in [1.29, 1.82) is 5.26 Å². The number of hydrogen-bond donors (Lipinski definition) is 0. The van der Waals surface area contributed by atoms with Gasteiger partial charge in [-0.05, 0) is 25.5 Å². The summed E-state index contributed by atoms with van der Waals surface area (Å²) in [6, 6.07) is 9.03. The average Bonchev–Trinajstić information content (AvgIpc) is 2.86. The molecule has 2 saturated heterocycles. The number of rotatable bonds is 4. The van der Waals surface area contributed by atoms with Gasteiger partial charge < -0.3 is 9.64 Å². The largest absolute Gasteiger partial charge is 0.376 e. The molecule has 7 heteroatoms. The highest BCUT2D eigenvalue weighted by Crippen LogP contribution is 2.19. The van der Waals surface area contributed by atoms with Crippen LogP contribution in [0.2, 0.25) is 0 Å². The molecule has 2 fully saturated rings. The van der Waals surface area contributed by atoms with Gasteiger partial charge in [-0.3, -0.25) is 14.6 Å². The van der Waals surface area contributed by atoms with Crippen LogP contribution in [0.1, 0.15) is 25.0 Å². The fraction of sp³-hybridized carbons (Fsp3) is 0.500. The highest BCUT2D eigenvalue weighted by atomic mass is 16.5. The number of carbonyl (C=O) groups is 2. The maximum Gasteiger partial charge on any atom is 0.328 e. The molecule has 132 valence electrons. The van der Waals surface area contributed by atoms with Crippen LogP contribution in [-0.2, 0) is 16.1 Å². The minimum atomic E-state index is -0.302. The van der Waals surface area contributed by atoms with Gasteiger partial charge in [0.1, 0.15) is 6.54 Å². The van der Waals surface area contributed by atoms with Crippen molar-refractivity contribution < 1.29 is 14.3 Å². The fourth-order valence-electron chi connectivity index (χ4n) is 3.19. The van der Waals surface area contributed by atoms with E-state index in [9.17, 15) is 14.9 Å². The average molecular weight is 342 g/mol. The maximum atomic E-state index is 12.7. The Labute approximate surface area is 147 Å². The molecule has 3 amide bonds. The minimum absolute atomic E-state index is 0.0754. The molecule has 0 spiro atoms. The predicted molar refractivity (Wildman–Crippen MR) is 90.3 cm³/mol. The lowest BCUT2D eigenvalue weighted by Gasteiger charge is -2.38. The number of nitrogens with zero attached hydrogens (tertiary/aromatic N) is 4. The molecule has 2 heterocycles. The van der Waals surface area contributed by atoms with E-state index in [0.29, 0.717) is 24.4 Å². The normalized spacial score (nSPS) is 24.7. The number of benzene rings is 1. The van der Waals surface area contributed by atoms with Gasteiger partial charge in [0.2, 0.25) is 0 Å². The molecule has 1 aromatic carbocycles. The van der Waals surface area contributed by atoms with Crippen LogP contribution in [0.3, 0.4) is 0 Å². The number of imide groups is 1. The number of hydrogen-bond acceptors (Lipinski definition) is 5. The molecule has 2 atom stereocenters. The second-order valence-corrected chi connectivity index (χ2v) is 6.64. The third kappa shape index (κ3) is 3.65. The van der Waals surface area contributed by atoms with Gasteiger partial charge in [-0.2, -0.15) is 5.26 Å². The van der Waals surface area contributed by atoms with Crippen LogP contribution in [0.15, 0.2) is 24.3 Å². The Morgan fingerprint density at radius 3 is 2.80 bits per heavy atom. The number of amides is 3. The van der Waals surface area contributed by atoms with Crippen LogP contribution in [0.25, 0.3) is 0 Å². The van der Waals surface area contributed by atoms with Crippen molar-refractivity contribution in [3.63, 3.8) is 0 Å². The maximum absolute atomic E-state index is 12.7. The molecule has 0 unspecified atom stereocenters. The van der Waals surface area contributed by atoms with Crippen LogP contribution in [-0.4, -0.2) is 65.1 Å². The van der Waals surface area contributed by atoms with Crippen molar-refractivity contribution in [3.8, 4) is 6.07 Å². The number of urea groups is 1. The summed E-state index contributed by atoms with van der Waals surface area (Å²) in [5.41, 5.74) is 1.17. The molecular weight excluding hydrogens is 320 g/mol. The van der Waals surface area contributed by atoms with E-state index in [1.807, 2.05) is 6.92 Å². The van der Waals surface area contributed by atoms with Gasteiger partial charge in [-0.25, -0.2) is 4.79 Å². The summed E-state index contributed by atoms with van der Waals surface area (Å²) in [5.74, 6) is -0.230. The smallest absolute Gasteiger partial charge is 0.328 e. The number of nitriles is 1. The Balaban J connectivity index is 1.69. The first kappa shape index (κ1) is 17.4. The van der Waals surface area contributed by atoms with Gasteiger partial charge in [0.15, 0.2) is 0 Å². The molecule has 7 nitrogen and oxygen atoms in total. The molecule has 0 N–H and O–H groups in total. The Morgan fingerprint density at radius 2 is 2.04 bits per heavy atom. The van der Waals surface area contributed by atoms with E-state index in [1.54, 1.807) is 29.2 Å². The Bertz CT molecular complexity index is 715. The molecule has 3 rings (SSSR count). The van der Waals surface area contributed by atoms with Crippen LogP contribution in [0.4, 0.5) is 4.79 Å². The highest BCUT2D eigenvalue weighted by molar-refractivity contribution is 6.01. The van der Waals surface area contributed by atoms with Gasteiger partial charge in [0, 0.05) is 12.6 Å². The molecular formula is C18H22N4O3. The summed E-state index contributed by atoms with van der Waals surface area (Å²) < 4.78 is 5.61. The van der Waals surface area contributed by atoms with Crippen LogP contribution in [0.5, 0.6) is 0 Å². The lowest BCUT2D eigenvalue weighted by atomic mass is 10.1. The second-order valence-electron chi connectivity index (χ2n) is 6.64. The summed E-state index contributed by atoms with van der Waals surface area (Å²) in [5, 5.41) is 9.18. The van der Waals surface area contributed by atoms with Crippen molar-refractivity contribution in [3.05, 3.63) is 35.4 Å². The number of carbonyl (C=O) groups excluding carboxylic acids is 2. The molecule has 0 saturated carbocycles. The van der Waals surface area contributed by atoms with Gasteiger partial charge in [-0.1, -0.05) is 18.2 Å². The summed E-state index contributed by atoms with van der Waals surface area (Å²) in [7, 11) is 0. The van der Waals surface area contributed by atoms with Gasteiger partial charge in [0.05, 0.1) is 37.6 Å². The lowest BCUT2D eigenvalue weighted by molar-refractivity contribution is -0.126. The third-order valence-electron chi connectivity index (χ3n) is 4.68. The zero-order chi connectivity index (χ0) is 18.0. The summed E-state index contributed by atoms with van der Waals surface area (Å²) in [4.78, 5) is 29.9. The zero-order valence-corrected chi connectivity index (χ0v) is 14.5. The zero-order valence-electron chi connectivity index (χ0n) is 14.5. The molecule has 0 radical (unpaired) electrons. The van der Waals surface area contributed by atoms with E-state index < -0.39 is 0 Å². The quantitative estimate of drug-likeness (QED) is 0.773. The third-order valence-corrected chi connectivity index (χ3v) is 4.68. The molecule has 0 aliphatic carbocycles. The van der Waals surface area contributed by atoms with Crippen molar-refractivity contribution >= 4 is 11.9 Å². The monoisotopic (exact) mass is 342 g/mol. The predicted octanol–water partition coefficient (Wildman–Crippen LogP) is 1.39. The van der Waals surface area contributed by atoms with E-state index >= 15 is 0 Å². The molecule has 0 aromatic heterocycles. The van der Waals surface area contributed by atoms with E-state index in [1.165, 1.54) is 4.90 Å². The second kappa shape index (κ2) is 7.21. The highest BCUT2D eigenvalue weighted by Gasteiger charge is 2.38. The SMILES string of the molecule is C[C@@H]1CN(CN2CC(=O)N(Cc3ccccc3C#N)C2=O)[C@@H](C)CO1. The molecule has 1 aromatic rings. The first-order chi connectivity index (χ1) is 12.0. The van der Waals surface area contributed by atoms with E-state index in [2.05, 4.69) is 17.9 Å². The van der Waals surface area contributed by atoms with Crippen LogP contribution >= 0.6 is 0 Å². The Hall–Kier alpha value is -2.43. The molecule has 2 aliphatic rings. The topological polar surface area (TPSA) is 76.9 Å². The van der Waals surface area contributed by atoms with E-state index in [4.69, 9.17) is 4.74 Å². The standard InChI is InChI=1S/C18H22N4O3/c1-13-11-25-14(2)8-20(13)12-21-10-17(23)22(18(21)24)9-16-6-4-3-5-15(16)7-19/h3-6,13-14H,8-12H2,1-2H3/t13-,14+/m0/s1. The molecule has 25 heavy (non-hydrogen) atoms. The molecule has 2 aliphatic heterocycles. The van der Waals surface area contributed by atoms with Crippen LogP contribution < -0.4 is 0 Å². The Kier molecular flexibility index (Phi) is 5.02. The number of ether oxygens (including phenoxy) is 1. The molecule has 0 bridgehead atoms. The van der Waals surface area contributed by atoms with Crippen molar-refractivity contribution in [1.82, 2.24) is 14.7 Å². The summed E-state index contributed by atoms with van der Waals surface area (Å²) in [6.07, 6.45) is 0.114. The van der Waals surface area contributed by atoms with Crippen molar-refractivity contribution in [2.75, 3.05) is 26.4 Å². The lowest BCUT2D eigenvalue weighted by Crippen LogP contribution is -2.52. The Morgan fingerprint density at radius 1 is 1.28 bits per heavy atom. The number of morpholine rings is 1. The summed E-state index contributed by atoms with van der Waals surface area (Å²) in [6.45, 7) is 6.03. The minimum Gasteiger partial charge on any atom is -0.376 e. The fourth-order valence-corrected chi connectivity index (χ4v) is 3.19. The van der Waals surface area contributed by atoms with E-state index in [0.717, 1.165) is 6.54 Å². The van der Waals surface area contributed by atoms with Crippen LogP contribution in [0, 0.1) is 11.3 Å². The van der Waals surface area contributed by atoms with Gasteiger partial charge in [0.25, 0.3) is 5.91 Å². The first-order valence-electron chi connectivity index (χ1n) is 8.42. The van der Waals surface area contributed by atoms with Crippen molar-refractivity contribution in [2.45, 2.75) is 32.5 Å². The van der Waals surface area contributed by atoms with Gasteiger partial charge >= 0.3 is 6.03 Å². The summed E-state index contributed by atoms with van der Waals surface area (Å²) >= 11 is 0. The van der Waals surface area contributed by atoms with Gasteiger partial charge in [-0.15, -0.1) is 0 Å². The van der Waals surface area contributed by atoms with E-state index in [-0.39, 0.29) is 37.2 Å².